The van der Waals surface area contributed by atoms with E-state index in [-0.39, 0.29) is 0 Å². The van der Waals surface area contributed by atoms with Gasteiger partial charge in [0.2, 0.25) is 0 Å². The summed E-state index contributed by atoms with van der Waals surface area (Å²) in [4.78, 5) is 0.384. The van der Waals surface area contributed by atoms with Gasteiger partial charge >= 0.3 is 0 Å². The molecule has 1 saturated heterocycles. The van der Waals surface area contributed by atoms with Crippen LogP contribution in [0.15, 0.2) is 29.2 Å². The van der Waals surface area contributed by atoms with Crippen molar-refractivity contribution in [3.8, 4) is 0 Å². The van der Waals surface area contributed by atoms with E-state index in [2.05, 4.69) is 10.6 Å². The Hall–Kier alpha value is -0.910. The quantitative estimate of drug-likeness (QED) is 0.851. The van der Waals surface area contributed by atoms with Crippen LogP contribution >= 0.6 is 0 Å². The van der Waals surface area contributed by atoms with Crippen LogP contribution < -0.4 is 10.6 Å². The number of hydrogen-bond donors (Lipinski definition) is 2. The van der Waals surface area contributed by atoms with Gasteiger partial charge in [-0.05, 0) is 56.1 Å². The summed E-state index contributed by atoms with van der Waals surface area (Å²) in [5, 5.41) is 6.81. The molecule has 0 atom stereocenters. The summed E-state index contributed by atoms with van der Waals surface area (Å²) in [5.74, 6) is 0.761. The van der Waals surface area contributed by atoms with Gasteiger partial charge < -0.3 is 10.6 Å². The lowest BCUT2D eigenvalue weighted by Crippen LogP contribution is -2.33. The number of nitrogens with one attached hydrogen (secondary N) is 2. The van der Waals surface area contributed by atoms with Gasteiger partial charge in [0.25, 0.3) is 0 Å². The van der Waals surface area contributed by atoms with Crippen molar-refractivity contribution in [2.45, 2.75) is 24.3 Å². The van der Waals surface area contributed by atoms with E-state index in [0.29, 0.717) is 4.90 Å². The predicted octanol–water partition coefficient (Wildman–Crippen LogP) is 1.18. The Morgan fingerprint density at radius 1 is 1.21 bits per heavy atom. The Labute approximate surface area is 115 Å². The number of rotatable bonds is 5. The fourth-order valence-corrected chi connectivity index (χ4v) is 2.99. The third-order valence-corrected chi connectivity index (χ3v) is 4.70. The highest BCUT2D eigenvalue weighted by molar-refractivity contribution is 7.90. The van der Waals surface area contributed by atoms with Crippen molar-refractivity contribution in [1.82, 2.24) is 10.6 Å². The highest BCUT2D eigenvalue weighted by Gasteiger charge is 2.12. The lowest BCUT2D eigenvalue weighted by molar-refractivity contribution is 0.356. The molecule has 2 rings (SSSR count). The van der Waals surface area contributed by atoms with E-state index in [1.165, 1.54) is 19.1 Å². The third-order valence-electron chi connectivity index (χ3n) is 3.57. The molecule has 19 heavy (non-hydrogen) atoms. The highest BCUT2D eigenvalue weighted by atomic mass is 32.2. The second-order valence-electron chi connectivity index (χ2n) is 5.24. The van der Waals surface area contributed by atoms with E-state index >= 15 is 0 Å². The fourth-order valence-electron chi connectivity index (χ4n) is 2.36. The molecule has 0 bridgehead atoms. The molecule has 2 N–H and O–H groups in total. The van der Waals surface area contributed by atoms with Crippen LogP contribution in [0.4, 0.5) is 0 Å². The topological polar surface area (TPSA) is 58.2 Å². The Balaban J connectivity index is 1.80. The maximum Gasteiger partial charge on any atom is 0.175 e. The van der Waals surface area contributed by atoms with E-state index in [0.717, 1.165) is 37.7 Å². The van der Waals surface area contributed by atoms with Gasteiger partial charge in [-0.25, -0.2) is 8.42 Å². The number of benzene rings is 1. The van der Waals surface area contributed by atoms with Crippen LogP contribution in [-0.2, 0) is 16.4 Å². The molecule has 0 unspecified atom stereocenters. The summed E-state index contributed by atoms with van der Waals surface area (Å²) in [6, 6.07) is 7.12. The Bertz CT molecular complexity index is 491. The van der Waals surface area contributed by atoms with Gasteiger partial charge in [0.15, 0.2) is 9.84 Å². The van der Waals surface area contributed by atoms with Crippen molar-refractivity contribution in [2.24, 2.45) is 5.92 Å². The molecule has 0 aromatic heterocycles. The molecule has 5 heteroatoms. The number of hydrogen-bond acceptors (Lipinski definition) is 4. The van der Waals surface area contributed by atoms with Gasteiger partial charge in [0, 0.05) is 12.8 Å². The molecule has 0 radical (unpaired) electrons. The molecule has 1 heterocycles. The van der Waals surface area contributed by atoms with Gasteiger partial charge in [-0.3, -0.25) is 0 Å². The van der Waals surface area contributed by atoms with Crippen molar-refractivity contribution < 1.29 is 8.42 Å². The normalized spacial score (nSPS) is 17.5. The molecule has 0 spiro atoms. The van der Waals surface area contributed by atoms with Gasteiger partial charge in [0.1, 0.15) is 0 Å². The molecule has 1 aromatic rings. The minimum absolute atomic E-state index is 0.384. The van der Waals surface area contributed by atoms with Gasteiger partial charge in [-0.15, -0.1) is 0 Å². The molecule has 0 aliphatic carbocycles. The minimum atomic E-state index is -3.08. The van der Waals surface area contributed by atoms with Crippen molar-refractivity contribution in [2.75, 3.05) is 25.9 Å². The second-order valence-corrected chi connectivity index (χ2v) is 7.26. The van der Waals surface area contributed by atoms with Crippen LogP contribution in [0.2, 0.25) is 0 Å². The first-order valence-electron chi connectivity index (χ1n) is 6.76. The molecule has 1 aliphatic rings. The molecule has 106 valence electrons. The second kappa shape index (κ2) is 6.50. The molecule has 0 amide bonds. The summed E-state index contributed by atoms with van der Waals surface area (Å²) < 4.78 is 22.7. The van der Waals surface area contributed by atoms with Crippen molar-refractivity contribution in [3.63, 3.8) is 0 Å². The predicted molar refractivity (Wildman–Crippen MR) is 76.9 cm³/mol. The van der Waals surface area contributed by atoms with Gasteiger partial charge in [0.05, 0.1) is 4.90 Å². The molecular formula is C14H22N2O2S. The lowest BCUT2D eigenvalue weighted by atomic mass is 9.98. The fraction of sp³-hybridized carbons (Fsp3) is 0.571. The highest BCUT2D eigenvalue weighted by Crippen LogP contribution is 2.12. The number of piperidine rings is 1. The summed E-state index contributed by atoms with van der Waals surface area (Å²) in [6.45, 7) is 4.08. The molecule has 4 nitrogen and oxygen atoms in total. The molecule has 0 saturated carbocycles. The Morgan fingerprint density at radius 2 is 1.84 bits per heavy atom. The van der Waals surface area contributed by atoms with Crippen LogP contribution in [0.3, 0.4) is 0 Å². The van der Waals surface area contributed by atoms with Crippen LogP contribution in [-0.4, -0.2) is 34.3 Å². The largest absolute Gasteiger partial charge is 0.317 e. The average Bonchev–Trinajstić information content (AvgIpc) is 2.39. The summed E-state index contributed by atoms with van der Waals surface area (Å²) >= 11 is 0. The Morgan fingerprint density at radius 3 is 2.42 bits per heavy atom. The average molecular weight is 282 g/mol. The Kier molecular flexibility index (Phi) is 4.96. The first-order valence-corrected chi connectivity index (χ1v) is 8.65. The van der Waals surface area contributed by atoms with E-state index in [1.807, 2.05) is 12.1 Å². The molecule has 1 fully saturated rings. The van der Waals surface area contributed by atoms with E-state index < -0.39 is 9.84 Å². The van der Waals surface area contributed by atoms with E-state index in [4.69, 9.17) is 0 Å². The van der Waals surface area contributed by atoms with E-state index in [1.54, 1.807) is 12.1 Å². The van der Waals surface area contributed by atoms with Crippen molar-refractivity contribution in [1.29, 1.82) is 0 Å². The monoisotopic (exact) mass is 282 g/mol. The van der Waals surface area contributed by atoms with Gasteiger partial charge in [-0.2, -0.15) is 0 Å². The van der Waals surface area contributed by atoms with Crippen LogP contribution in [0, 0.1) is 5.92 Å². The molecule has 1 aliphatic heterocycles. The summed E-state index contributed by atoms with van der Waals surface area (Å²) in [6.07, 6.45) is 3.71. The van der Waals surface area contributed by atoms with Crippen LogP contribution in [0.25, 0.3) is 0 Å². The summed E-state index contributed by atoms with van der Waals surface area (Å²) in [5.41, 5.74) is 1.13. The molecule has 1 aromatic carbocycles. The van der Waals surface area contributed by atoms with Crippen LogP contribution in [0.5, 0.6) is 0 Å². The maximum absolute atomic E-state index is 11.3. The van der Waals surface area contributed by atoms with Crippen molar-refractivity contribution >= 4 is 9.84 Å². The first-order chi connectivity index (χ1) is 9.05. The SMILES string of the molecule is CS(=O)(=O)c1ccc(CNCC2CCNCC2)cc1. The maximum atomic E-state index is 11.3. The number of sulfone groups is 1. The standard InChI is InChI=1S/C14H22N2O2S/c1-19(17,18)14-4-2-12(3-5-14)10-16-11-13-6-8-15-9-7-13/h2-5,13,15-16H,6-11H2,1H3. The summed E-state index contributed by atoms with van der Waals surface area (Å²) in [7, 11) is -3.08. The zero-order chi connectivity index (χ0) is 13.7. The third kappa shape index (κ3) is 4.60. The minimum Gasteiger partial charge on any atom is -0.317 e. The van der Waals surface area contributed by atoms with Gasteiger partial charge in [-0.1, -0.05) is 12.1 Å². The van der Waals surface area contributed by atoms with Crippen molar-refractivity contribution in [3.05, 3.63) is 29.8 Å². The van der Waals surface area contributed by atoms with E-state index in [9.17, 15) is 8.42 Å². The zero-order valence-electron chi connectivity index (χ0n) is 11.4. The first kappa shape index (κ1) is 14.5. The lowest BCUT2D eigenvalue weighted by Gasteiger charge is -2.22. The van der Waals surface area contributed by atoms with Crippen LogP contribution in [0.1, 0.15) is 18.4 Å². The zero-order valence-corrected chi connectivity index (χ0v) is 12.2. The smallest absolute Gasteiger partial charge is 0.175 e. The molecular weight excluding hydrogens is 260 g/mol.